The number of azo groups is 1. The third-order valence-corrected chi connectivity index (χ3v) is 4.58. The van der Waals surface area contributed by atoms with Crippen LogP contribution in [0.5, 0.6) is 0 Å². The first kappa shape index (κ1) is 17.0. The molecule has 25 heavy (non-hydrogen) atoms. The van der Waals surface area contributed by atoms with Gasteiger partial charge in [-0.1, -0.05) is 0 Å². The summed E-state index contributed by atoms with van der Waals surface area (Å²) in [5.41, 5.74) is 2.31. The minimum Gasteiger partial charge on any atom is -0.462 e. The summed E-state index contributed by atoms with van der Waals surface area (Å²) < 4.78 is 6.00. The number of rotatable bonds is 5. The van der Waals surface area contributed by atoms with Crippen LogP contribution in [-0.4, -0.2) is 36.9 Å². The highest BCUT2D eigenvalue weighted by molar-refractivity contribution is 7.21. The quantitative estimate of drug-likeness (QED) is 0.502. The lowest BCUT2D eigenvalue weighted by Crippen LogP contribution is -2.08. The summed E-state index contributed by atoms with van der Waals surface area (Å²) in [7, 11) is 3.92. The van der Waals surface area contributed by atoms with Crippen LogP contribution in [0.15, 0.2) is 46.9 Å². The van der Waals surface area contributed by atoms with Crippen LogP contribution in [0.4, 0.5) is 17.1 Å². The first-order valence-corrected chi connectivity index (χ1v) is 8.51. The van der Waals surface area contributed by atoms with Gasteiger partial charge in [-0.3, -0.25) is 0 Å². The molecule has 0 aliphatic heterocycles. The van der Waals surface area contributed by atoms with Crippen LogP contribution in [-0.2, 0) is 4.74 Å². The molecule has 8 heteroatoms. The van der Waals surface area contributed by atoms with Crippen molar-refractivity contribution < 1.29 is 9.53 Å². The van der Waals surface area contributed by atoms with Gasteiger partial charge in [0.05, 0.1) is 23.7 Å². The third-order valence-electron chi connectivity index (χ3n) is 3.44. The summed E-state index contributed by atoms with van der Waals surface area (Å²) in [4.78, 5) is 14.6. The Hall–Kier alpha value is -2.87. The zero-order chi connectivity index (χ0) is 17.8. The molecule has 0 saturated carbocycles. The van der Waals surface area contributed by atoms with Gasteiger partial charge in [-0.2, -0.15) is 10.2 Å². The summed E-state index contributed by atoms with van der Waals surface area (Å²) >= 11 is 1.36. The zero-order valence-corrected chi connectivity index (χ0v) is 14.9. The maximum absolute atomic E-state index is 12.1. The van der Waals surface area contributed by atoms with Crippen molar-refractivity contribution in [3.05, 3.63) is 41.5 Å². The van der Waals surface area contributed by atoms with E-state index in [2.05, 4.69) is 20.4 Å². The van der Waals surface area contributed by atoms with E-state index in [0.717, 1.165) is 15.8 Å². The average Bonchev–Trinajstić information content (AvgIpc) is 3.06. The van der Waals surface area contributed by atoms with Crippen LogP contribution in [0.3, 0.4) is 0 Å². The van der Waals surface area contributed by atoms with E-state index < -0.39 is 0 Å². The van der Waals surface area contributed by atoms with Crippen LogP contribution < -0.4 is 4.90 Å². The minimum atomic E-state index is -0.324. The van der Waals surface area contributed by atoms with E-state index in [1.807, 2.05) is 37.2 Å². The van der Waals surface area contributed by atoms with Crippen LogP contribution in [0.2, 0.25) is 0 Å². The van der Waals surface area contributed by atoms with Gasteiger partial charge < -0.3 is 9.64 Å². The molecule has 2 aromatic heterocycles. The van der Waals surface area contributed by atoms with Crippen molar-refractivity contribution in [2.24, 2.45) is 10.2 Å². The molecule has 0 N–H and O–H groups in total. The van der Waals surface area contributed by atoms with Gasteiger partial charge >= 0.3 is 5.97 Å². The van der Waals surface area contributed by atoms with Gasteiger partial charge in [0.1, 0.15) is 16.3 Å². The smallest absolute Gasteiger partial charge is 0.348 e. The van der Waals surface area contributed by atoms with Crippen LogP contribution in [0.1, 0.15) is 16.6 Å². The number of carbonyl (C=O) groups is 1. The molecule has 0 fully saturated rings. The molecule has 128 valence electrons. The molecule has 0 spiro atoms. The van der Waals surface area contributed by atoms with E-state index in [1.54, 1.807) is 19.2 Å². The number of aromatic nitrogens is 2. The first-order chi connectivity index (χ1) is 12.1. The summed E-state index contributed by atoms with van der Waals surface area (Å²) in [5, 5.41) is 16.9. The van der Waals surface area contributed by atoms with Crippen molar-refractivity contribution in [2.75, 3.05) is 25.6 Å². The van der Waals surface area contributed by atoms with Crippen molar-refractivity contribution in [3.8, 4) is 0 Å². The van der Waals surface area contributed by atoms with Gasteiger partial charge in [0, 0.05) is 25.2 Å². The Balaban J connectivity index is 2.08. The van der Waals surface area contributed by atoms with E-state index in [-0.39, 0.29) is 5.97 Å². The van der Waals surface area contributed by atoms with Gasteiger partial charge in [-0.25, -0.2) is 4.79 Å². The number of esters is 1. The van der Waals surface area contributed by atoms with E-state index in [9.17, 15) is 4.79 Å². The van der Waals surface area contributed by atoms with Crippen molar-refractivity contribution in [1.29, 1.82) is 0 Å². The molecule has 3 rings (SSSR count). The van der Waals surface area contributed by atoms with Gasteiger partial charge in [-0.15, -0.1) is 21.6 Å². The minimum absolute atomic E-state index is 0.324. The molecular weight excluding hydrogens is 338 g/mol. The molecule has 3 aromatic rings. The fourth-order valence-corrected chi connectivity index (χ4v) is 3.35. The standard InChI is InChI=1S/C17H17N5O2S/c1-4-24-17(23)15-9-12-14(22(2)3)6-5-13(16(12)25-15)21-20-11-7-8-18-19-10-11/h5-10H,4H2,1-3H3/b21-20+. The topological polar surface area (TPSA) is 80.0 Å². The molecule has 0 aliphatic rings. The Morgan fingerprint density at radius 1 is 1.24 bits per heavy atom. The van der Waals surface area contributed by atoms with E-state index in [1.165, 1.54) is 17.5 Å². The third kappa shape index (κ3) is 3.63. The van der Waals surface area contributed by atoms with Crippen molar-refractivity contribution in [1.82, 2.24) is 10.2 Å². The van der Waals surface area contributed by atoms with Gasteiger partial charge in [-0.05, 0) is 31.2 Å². The molecule has 0 atom stereocenters. The molecule has 0 amide bonds. The van der Waals surface area contributed by atoms with Gasteiger partial charge in [0.15, 0.2) is 0 Å². The second kappa shape index (κ2) is 7.35. The highest BCUT2D eigenvalue weighted by atomic mass is 32.1. The average molecular weight is 355 g/mol. The summed E-state index contributed by atoms with van der Waals surface area (Å²) in [6, 6.07) is 7.42. The normalized spacial score (nSPS) is 11.2. The number of hydrogen-bond donors (Lipinski definition) is 0. The van der Waals surface area contributed by atoms with Crippen LogP contribution in [0.25, 0.3) is 10.1 Å². The predicted octanol–water partition coefficient (Wildman–Crippen LogP) is 4.35. The summed E-state index contributed by atoms with van der Waals surface area (Å²) in [6.45, 7) is 2.13. The lowest BCUT2D eigenvalue weighted by molar-refractivity contribution is 0.0532. The maximum Gasteiger partial charge on any atom is 0.348 e. The number of carbonyl (C=O) groups excluding carboxylic acids is 1. The number of nitrogens with zero attached hydrogens (tertiary/aromatic N) is 5. The highest BCUT2D eigenvalue weighted by Gasteiger charge is 2.16. The second-order valence-corrected chi connectivity index (χ2v) is 6.43. The molecule has 0 aliphatic carbocycles. The molecule has 0 unspecified atom stereocenters. The molecule has 2 heterocycles. The predicted molar refractivity (Wildman–Crippen MR) is 98.3 cm³/mol. The number of ether oxygens (including phenoxy) is 1. The number of benzene rings is 1. The van der Waals surface area contributed by atoms with E-state index in [0.29, 0.717) is 22.9 Å². The Morgan fingerprint density at radius 3 is 2.76 bits per heavy atom. The van der Waals surface area contributed by atoms with Crippen LogP contribution >= 0.6 is 11.3 Å². The fraction of sp³-hybridized carbons (Fsp3) is 0.235. The summed E-state index contributed by atoms with van der Waals surface area (Å²) in [6.07, 6.45) is 3.09. The zero-order valence-electron chi connectivity index (χ0n) is 14.1. The molecule has 1 aromatic carbocycles. The first-order valence-electron chi connectivity index (χ1n) is 7.69. The van der Waals surface area contributed by atoms with Crippen molar-refractivity contribution in [3.63, 3.8) is 0 Å². The lowest BCUT2D eigenvalue weighted by atomic mass is 10.2. The Bertz CT molecular complexity index is 921. The lowest BCUT2D eigenvalue weighted by Gasteiger charge is -2.14. The number of fused-ring (bicyclic) bond motifs is 1. The Kier molecular flexibility index (Phi) is 4.99. The second-order valence-electron chi connectivity index (χ2n) is 5.37. The monoisotopic (exact) mass is 355 g/mol. The fourth-order valence-electron chi connectivity index (χ4n) is 2.32. The maximum atomic E-state index is 12.1. The number of hydrogen-bond acceptors (Lipinski definition) is 8. The number of anilines is 1. The van der Waals surface area contributed by atoms with Gasteiger partial charge in [0.25, 0.3) is 0 Å². The Labute approximate surface area is 149 Å². The Morgan fingerprint density at radius 2 is 2.08 bits per heavy atom. The largest absolute Gasteiger partial charge is 0.462 e. The van der Waals surface area contributed by atoms with E-state index in [4.69, 9.17) is 4.74 Å². The van der Waals surface area contributed by atoms with E-state index >= 15 is 0 Å². The summed E-state index contributed by atoms with van der Waals surface area (Å²) in [5.74, 6) is -0.324. The molecule has 0 bridgehead atoms. The number of thiophene rings is 1. The molecule has 0 radical (unpaired) electrons. The van der Waals surface area contributed by atoms with Crippen molar-refractivity contribution in [2.45, 2.75) is 6.92 Å². The van der Waals surface area contributed by atoms with Crippen LogP contribution in [0, 0.1) is 0 Å². The highest BCUT2D eigenvalue weighted by Crippen LogP contribution is 2.40. The molecular formula is C17H17N5O2S. The molecule has 0 saturated heterocycles. The molecule has 7 nitrogen and oxygen atoms in total. The SMILES string of the molecule is CCOC(=O)c1cc2c(N(C)C)ccc(/N=N/c3ccnnc3)c2s1. The van der Waals surface area contributed by atoms with Gasteiger partial charge in [0.2, 0.25) is 0 Å². The van der Waals surface area contributed by atoms with Crippen molar-refractivity contribution >= 4 is 44.5 Å².